The fraction of sp³-hybridized carbons (Fsp3) is 0. The molecule has 0 aromatic heterocycles. The Labute approximate surface area is 68.4 Å². The molecule has 60 valence electrons. The average Bonchev–Trinajstić information content (AvgIpc) is 2.33. The van der Waals surface area contributed by atoms with Crippen LogP contribution in [0.3, 0.4) is 0 Å². The molecule has 0 aromatic rings. The highest BCUT2D eigenvalue weighted by atomic mass is 32.2. The summed E-state index contributed by atoms with van der Waals surface area (Å²) in [6.07, 6.45) is 0. The SMILES string of the molecule is O=S(=O)=C1N=NC(=S(=O)=O)S1. The van der Waals surface area contributed by atoms with Gasteiger partial charge in [0.1, 0.15) is 0 Å². The van der Waals surface area contributed by atoms with Gasteiger partial charge in [0.25, 0.3) is 0 Å². The summed E-state index contributed by atoms with van der Waals surface area (Å²) in [5.74, 6) is 0. The monoisotopic (exact) mass is 212 g/mol. The van der Waals surface area contributed by atoms with Gasteiger partial charge in [-0.05, 0) is 11.8 Å². The number of rotatable bonds is 0. The van der Waals surface area contributed by atoms with Crippen molar-refractivity contribution < 1.29 is 16.8 Å². The lowest BCUT2D eigenvalue weighted by atomic mass is 11.4. The molecule has 6 nitrogen and oxygen atoms in total. The molecule has 0 aromatic carbocycles. The predicted octanol–water partition coefficient (Wildman–Crippen LogP) is -0.882. The van der Waals surface area contributed by atoms with Crippen LogP contribution in [0.5, 0.6) is 0 Å². The minimum absolute atomic E-state index is 0.329. The first-order valence-corrected chi connectivity index (χ1v) is 5.10. The van der Waals surface area contributed by atoms with Crippen molar-refractivity contribution >= 4 is 41.0 Å². The van der Waals surface area contributed by atoms with E-state index >= 15 is 0 Å². The van der Waals surface area contributed by atoms with Gasteiger partial charge in [-0.25, -0.2) is 0 Å². The van der Waals surface area contributed by atoms with E-state index in [-0.39, 0.29) is 8.64 Å². The molecule has 11 heavy (non-hydrogen) atoms. The Hall–Kier alpha value is -0.670. The van der Waals surface area contributed by atoms with Gasteiger partial charge in [0.05, 0.1) is 0 Å². The molecule has 1 aliphatic heterocycles. The van der Waals surface area contributed by atoms with Crippen LogP contribution >= 0.6 is 11.8 Å². The fourth-order valence-corrected chi connectivity index (χ4v) is 2.04. The average molecular weight is 212 g/mol. The molecule has 0 saturated carbocycles. The Morgan fingerprint density at radius 2 is 1.27 bits per heavy atom. The Bertz CT molecular complexity index is 405. The van der Waals surface area contributed by atoms with Gasteiger partial charge in [-0.15, -0.1) is 10.2 Å². The van der Waals surface area contributed by atoms with Gasteiger partial charge < -0.3 is 0 Å². The Balaban J connectivity index is 3.28. The molecule has 0 radical (unpaired) electrons. The highest BCUT2D eigenvalue weighted by Gasteiger charge is 2.15. The Morgan fingerprint density at radius 3 is 1.45 bits per heavy atom. The normalized spacial score (nSPS) is 15.6. The van der Waals surface area contributed by atoms with E-state index in [9.17, 15) is 16.8 Å². The first kappa shape index (κ1) is 8.43. The van der Waals surface area contributed by atoms with Crippen LogP contribution in [0.2, 0.25) is 0 Å². The van der Waals surface area contributed by atoms with Gasteiger partial charge in [0.2, 0.25) is 29.2 Å². The van der Waals surface area contributed by atoms with Crippen molar-refractivity contribution in [3.8, 4) is 0 Å². The van der Waals surface area contributed by atoms with E-state index in [1.165, 1.54) is 0 Å². The van der Waals surface area contributed by atoms with E-state index in [0.717, 1.165) is 0 Å². The van der Waals surface area contributed by atoms with Gasteiger partial charge >= 0.3 is 0 Å². The van der Waals surface area contributed by atoms with Gasteiger partial charge in [-0.3, -0.25) is 0 Å². The summed E-state index contributed by atoms with van der Waals surface area (Å²) < 4.78 is 39.9. The summed E-state index contributed by atoms with van der Waals surface area (Å²) in [6, 6.07) is 0. The summed E-state index contributed by atoms with van der Waals surface area (Å²) in [5, 5.41) is 6.20. The molecule has 0 bridgehead atoms. The van der Waals surface area contributed by atoms with E-state index in [2.05, 4.69) is 10.2 Å². The quantitative estimate of drug-likeness (QED) is 0.486. The lowest BCUT2D eigenvalue weighted by Crippen LogP contribution is -1.86. The molecular formula is C2N2O4S3. The van der Waals surface area contributed by atoms with Crippen molar-refractivity contribution in [2.24, 2.45) is 10.2 Å². The van der Waals surface area contributed by atoms with Crippen molar-refractivity contribution in [1.29, 1.82) is 0 Å². The summed E-state index contributed by atoms with van der Waals surface area (Å²) in [6.45, 7) is 0. The zero-order chi connectivity index (χ0) is 8.43. The zero-order valence-electron chi connectivity index (χ0n) is 4.75. The standard InChI is InChI=1S/C2N2O4S3/c5-10(6)1-3-4-2(9-1)11(7)8. The molecule has 1 aliphatic rings. The lowest BCUT2D eigenvalue weighted by Gasteiger charge is -1.73. The van der Waals surface area contributed by atoms with Gasteiger partial charge in [0.15, 0.2) is 0 Å². The molecule has 9 heteroatoms. The van der Waals surface area contributed by atoms with Crippen LogP contribution in [0, 0.1) is 0 Å². The van der Waals surface area contributed by atoms with E-state index in [1.54, 1.807) is 0 Å². The smallest absolute Gasteiger partial charge is 0.182 e. The van der Waals surface area contributed by atoms with E-state index in [4.69, 9.17) is 0 Å². The molecule has 0 saturated heterocycles. The van der Waals surface area contributed by atoms with Gasteiger partial charge in [-0.1, -0.05) is 0 Å². The topological polar surface area (TPSA) is 93.0 Å². The number of azo groups is 1. The lowest BCUT2D eigenvalue weighted by molar-refractivity contribution is 0.625. The van der Waals surface area contributed by atoms with Gasteiger partial charge in [0, 0.05) is 0 Å². The van der Waals surface area contributed by atoms with Crippen LogP contribution in [-0.2, 0) is 20.6 Å². The van der Waals surface area contributed by atoms with E-state index in [1.807, 2.05) is 0 Å². The summed E-state index contributed by atoms with van der Waals surface area (Å²) in [4.78, 5) is 0. The third-order valence-corrected chi connectivity index (χ3v) is 3.24. The molecule has 0 fully saturated rings. The summed E-state index contributed by atoms with van der Waals surface area (Å²) in [5.41, 5.74) is 0. The Morgan fingerprint density at radius 1 is 0.909 bits per heavy atom. The van der Waals surface area contributed by atoms with Crippen LogP contribution in [0.1, 0.15) is 0 Å². The van der Waals surface area contributed by atoms with Crippen LogP contribution in [0.15, 0.2) is 10.2 Å². The van der Waals surface area contributed by atoms with Crippen LogP contribution < -0.4 is 0 Å². The van der Waals surface area contributed by atoms with Crippen LogP contribution in [0.4, 0.5) is 0 Å². The second kappa shape index (κ2) is 3.15. The third kappa shape index (κ3) is 1.88. The third-order valence-electron chi connectivity index (χ3n) is 0.673. The summed E-state index contributed by atoms with van der Waals surface area (Å²) in [7, 11) is -5.01. The first-order chi connectivity index (χ1) is 5.11. The number of nitrogens with zero attached hydrogens (tertiary/aromatic N) is 2. The molecule has 0 unspecified atom stereocenters. The van der Waals surface area contributed by atoms with Gasteiger partial charge in [-0.2, -0.15) is 16.8 Å². The van der Waals surface area contributed by atoms with E-state index in [0.29, 0.717) is 11.8 Å². The number of hydrogen-bond acceptors (Lipinski definition) is 5. The van der Waals surface area contributed by atoms with Crippen molar-refractivity contribution in [2.75, 3.05) is 0 Å². The maximum absolute atomic E-state index is 10.1. The zero-order valence-corrected chi connectivity index (χ0v) is 7.20. The highest BCUT2D eigenvalue weighted by molar-refractivity contribution is 8.37. The molecule has 1 heterocycles. The number of thioether (sulfide) groups is 1. The predicted molar refractivity (Wildman–Crippen MR) is 40.3 cm³/mol. The summed E-state index contributed by atoms with van der Waals surface area (Å²) >= 11 is 0.502. The van der Waals surface area contributed by atoms with Crippen molar-refractivity contribution in [3.63, 3.8) is 0 Å². The second-order valence-electron chi connectivity index (χ2n) is 1.30. The largest absolute Gasteiger partial charge is 0.249 e. The molecule has 0 spiro atoms. The molecule has 0 aliphatic carbocycles. The maximum Gasteiger partial charge on any atom is 0.249 e. The first-order valence-electron chi connectivity index (χ1n) is 2.13. The second-order valence-corrected chi connectivity index (χ2v) is 4.51. The van der Waals surface area contributed by atoms with E-state index < -0.39 is 20.6 Å². The molecular weight excluding hydrogens is 212 g/mol. The highest BCUT2D eigenvalue weighted by Crippen LogP contribution is 2.15. The minimum atomic E-state index is -2.50. The molecule has 0 amide bonds. The van der Waals surface area contributed by atoms with Crippen LogP contribution in [0.25, 0.3) is 0 Å². The maximum atomic E-state index is 10.1. The van der Waals surface area contributed by atoms with Crippen molar-refractivity contribution in [2.45, 2.75) is 0 Å². The minimum Gasteiger partial charge on any atom is -0.182 e. The molecule has 0 N–H and O–H groups in total. The fourth-order valence-electron chi connectivity index (χ4n) is 0.332. The molecule has 0 atom stereocenters. The Kier molecular flexibility index (Phi) is 2.42. The van der Waals surface area contributed by atoms with Crippen LogP contribution in [-0.4, -0.2) is 25.5 Å². The molecule has 1 rings (SSSR count). The van der Waals surface area contributed by atoms with Crippen molar-refractivity contribution in [3.05, 3.63) is 0 Å². The number of hydrogen-bond donors (Lipinski definition) is 0. The van der Waals surface area contributed by atoms with Crippen molar-refractivity contribution in [1.82, 2.24) is 0 Å².